The number of phenols is 1. The predicted octanol–water partition coefficient (Wildman–Crippen LogP) is 3.75. The largest absolute Gasteiger partial charge is 0.504 e. The van der Waals surface area contributed by atoms with Crippen LogP contribution in [0.25, 0.3) is 0 Å². The quantitative estimate of drug-likeness (QED) is 0.883. The molecule has 0 amide bonds. The van der Waals surface area contributed by atoms with Gasteiger partial charge in [0.05, 0.1) is 13.2 Å². The highest BCUT2D eigenvalue weighted by Gasteiger charge is 2.38. The van der Waals surface area contributed by atoms with Crippen LogP contribution in [0.5, 0.6) is 11.5 Å². The number of aliphatic hydroxyl groups is 1. The van der Waals surface area contributed by atoms with Gasteiger partial charge in [0.15, 0.2) is 11.5 Å². The maximum absolute atomic E-state index is 10.5. The van der Waals surface area contributed by atoms with Gasteiger partial charge in [0, 0.05) is 19.1 Å². The molecule has 1 aromatic carbocycles. The van der Waals surface area contributed by atoms with Gasteiger partial charge >= 0.3 is 0 Å². The number of hydrogen-bond donors (Lipinski definition) is 2. The van der Waals surface area contributed by atoms with Gasteiger partial charge in [0.25, 0.3) is 0 Å². The van der Waals surface area contributed by atoms with Gasteiger partial charge in [-0.25, -0.2) is 0 Å². The number of piperidine rings is 1. The van der Waals surface area contributed by atoms with Gasteiger partial charge in [-0.1, -0.05) is 27.7 Å². The average molecular weight is 335 g/mol. The molecule has 0 spiro atoms. The molecule has 0 bridgehead atoms. The second-order valence-electron chi connectivity index (χ2n) is 7.18. The summed E-state index contributed by atoms with van der Waals surface area (Å²) in [4.78, 5) is 2.48. The van der Waals surface area contributed by atoms with E-state index in [9.17, 15) is 10.2 Å². The molecule has 3 rings (SSSR count). The summed E-state index contributed by atoms with van der Waals surface area (Å²) >= 11 is 0. The molecule has 1 fully saturated rings. The van der Waals surface area contributed by atoms with Crippen LogP contribution in [0.4, 0.5) is 0 Å². The fourth-order valence-corrected chi connectivity index (χ4v) is 4.11. The fourth-order valence-electron chi connectivity index (χ4n) is 4.11. The van der Waals surface area contributed by atoms with Crippen molar-refractivity contribution >= 4 is 0 Å². The Hall–Kier alpha value is -1.26. The first-order valence-electron chi connectivity index (χ1n) is 9.31. The van der Waals surface area contributed by atoms with Crippen LogP contribution >= 0.6 is 0 Å². The molecule has 2 N–H and O–H groups in total. The fraction of sp³-hybridized carbons (Fsp3) is 0.700. The van der Waals surface area contributed by atoms with Crippen LogP contribution < -0.4 is 4.74 Å². The van der Waals surface area contributed by atoms with E-state index in [1.165, 1.54) is 5.56 Å². The molecule has 2 aliphatic heterocycles. The van der Waals surface area contributed by atoms with Gasteiger partial charge in [0.2, 0.25) is 0 Å². The third kappa shape index (κ3) is 3.86. The first kappa shape index (κ1) is 19.1. The van der Waals surface area contributed by atoms with Gasteiger partial charge in [-0.2, -0.15) is 0 Å². The average Bonchev–Trinajstić information content (AvgIpc) is 2.56. The molecule has 1 saturated heterocycles. The lowest BCUT2D eigenvalue weighted by atomic mass is 9.79. The SMILES string of the molecule is CC.COc1cc2c(cc1O)C1CC(O)C(CC(C)C)CN1CC2. The van der Waals surface area contributed by atoms with Crippen molar-refractivity contribution in [3.05, 3.63) is 23.3 Å². The van der Waals surface area contributed by atoms with E-state index in [1.807, 2.05) is 26.0 Å². The van der Waals surface area contributed by atoms with Crippen LogP contribution in [0.3, 0.4) is 0 Å². The maximum Gasteiger partial charge on any atom is 0.160 e. The lowest BCUT2D eigenvalue weighted by molar-refractivity contribution is -0.0191. The summed E-state index contributed by atoms with van der Waals surface area (Å²) < 4.78 is 5.22. The van der Waals surface area contributed by atoms with Crippen LogP contribution in [0, 0.1) is 11.8 Å². The van der Waals surface area contributed by atoms with Crippen molar-refractivity contribution in [2.45, 2.75) is 59.1 Å². The lowest BCUT2D eigenvalue weighted by Gasteiger charge is -2.46. The molecule has 2 aliphatic rings. The van der Waals surface area contributed by atoms with Crippen molar-refractivity contribution in [1.82, 2.24) is 4.90 Å². The van der Waals surface area contributed by atoms with Crippen molar-refractivity contribution in [3.8, 4) is 11.5 Å². The number of hydrogen-bond acceptors (Lipinski definition) is 4. The number of phenolic OH excluding ortho intramolecular Hbond substituents is 1. The zero-order valence-corrected chi connectivity index (χ0v) is 15.7. The van der Waals surface area contributed by atoms with Crippen molar-refractivity contribution in [2.24, 2.45) is 11.8 Å². The molecule has 0 radical (unpaired) electrons. The first-order chi connectivity index (χ1) is 11.5. The maximum atomic E-state index is 10.5. The summed E-state index contributed by atoms with van der Waals surface area (Å²) in [7, 11) is 1.58. The van der Waals surface area contributed by atoms with E-state index in [4.69, 9.17) is 4.74 Å². The summed E-state index contributed by atoms with van der Waals surface area (Å²) in [5.74, 6) is 1.72. The van der Waals surface area contributed by atoms with Gasteiger partial charge in [-0.05, 0) is 54.4 Å². The Morgan fingerprint density at radius 2 is 2.00 bits per heavy atom. The van der Waals surface area contributed by atoms with E-state index in [2.05, 4.69) is 18.7 Å². The molecular formula is C20H33NO3. The minimum absolute atomic E-state index is 0.196. The Bertz CT molecular complexity index is 544. The molecule has 0 aliphatic carbocycles. The zero-order valence-electron chi connectivity index (χ0n) is 15.7. The van der Waals surface area contributed by atoms with Gasteiger partial charge in [-0.15, -0.1) is 0 Å². The van der Waals surface area contributed by atoms with E-state index in [0.29, 0.717) is 17.6 Å². The molecule has 4 nitrogen and oxygen atoms in total. The van der Waals surface area contributed by atoms with Crippen molar-refractivity contribution in [2.75, 3.05) is 20.2 Å². The highest BCUT2D eigenvalue weighted by molar-refractivity contribution is 5.48. The minimum atomic E-state index is -0.251. The molecule has 2 heterocycles. The second-order valence-corrected chi connectivity index (χ2v) is 7.18. The van der Waals surface area contributed by atoms with Crippen LogP contribution in [-0.2, 0) is 6.42 Å². The second kappa shape index (κ2) is 8.21. The van der Waals surface area contributed by atoms with Crippen molar-refractivity contribution < 1.29 is 14.9 Å². The Labute approximate surface area is 146 Å². The standard InChI is InChI=1S/C18H27NO3.C2H6/c1-11(2)6-13-10-19-5-4-12-7-18(22-3)17(21)8-14(12)15(19)9-16(13)20;1-2/h7-8,11,13,15-16,20-21H,4-6,9-10H2,1-3H3;1-2H3. The van der Waals surface area contributed by atoms with Crippen LogP contribution in [0.1, 0.15) is 57.7 Å². The molecule has 0 saturated carbocycles. The monoisotopic (exact) mass is 335 g/mol. The van der Waals surface area contributed by atoms with E-state index in [1.54, 1.807) is 7.11 Å². The van der Waals surface area contributed by atoms with Gasteiger partial charge in [0.1, 0.15) is 0 Å². The summed E-state index contributed by atoms with van der Waals surface area (Å²) in [5.41, 5.74) is 2.40. The Kier molecular flexibility index (Phi) is 6.53. The van der Waals surface area contributed by atoms with Crippen molar-refractivity contribution in [3.63, 3.8) is 0 Å². The molecule has 4 heteroatoms. The topological polar surface area (TPSA) is 52.9 Å². The number of ether oxygens (including phenoxy) is 1. The number of aromatic hydroxyl groups is 1. The highest BCUT2D eigenvalue weighted by atomic mass is 16.5. The van der Waals surface area contributed by atoms with E-state index in [-0.39, 0.29) is 17.9 Å². The van der Waals surface area contributed by atoms with E-state index < -0.39 is 0 Å². The Balaban J connectivity index is 0.00000100. The molecule has 3 unspecified atom stereocenters. The first-order valence-corrected chi connectivity index (χ1v) is 9.31. The zero-order chi connectivity index (χ0) is 17.9. The Morgan fingerprint density at radius 1 is 1.29 bits per heavy atom. The lowest BCUT2D eigenvalue weighted by Crippen LogP contribution is -2.48. The molecule has 0 aromatic heterocycles. The number of methoxy groups -OCH3 is 1. The normalized spacial score (nSPS) is 26.2. The minimum Gasteiger partial charge on any atom is -0.504 e. The van der Waals surface area contributed by atoms with Gasteiger partial charge < -0.3 is 14.9 Å². The molecule has 3 atom stereocenters. The smallest absolute Gasteiger partial charge is 0.160 e. The predicted molar refractivity (Wildman–Crippen MR) is 97.6 cm³/mol. The van der Waals surface area contributed by atoms with Crippen molar-refractivity contribution in [1.29, 1.82) is 0 Å². The third-order valence-electron chi connectivity index (χ3n) is 5.16. The van der Waals surface area contributed by atoms with Gasteiger partial charge in [-0.3, -0.25) is 4.90 Å². The molecule has 1 aromatic rings. The Morgan fingerprint density at radius 3 is 2.62 bits per heavy atom. The number of nitrogens with zero attached hydrogens (tertiary/aromatic N) is 1. The van der Waals surface area contributed by atoms with E-state index >= 15 is 0 Å². The van der Waals surface area contributed by atoms with Crippen LogP contribution in [0.2, 0.25) is 0 Å². The van der Waals surface area contributed by atoms with E-state index in [0.717, 1.165) is 37.9 Å². The summed E-state index contributed by atoms with van der Waals surface area (Å²) in [6, 6.07) is 4.01. The number of benzene rings is 1. The summed E-state index contributed by atoms with van der Waals surface area (Å²) in [6.45, 7) is 10.4. The number of fused-ring (bicyclic) bond motifs is 3. The summed E-state index contributed by atoms with van der Waals surface area (Å²) in [6.07, 6.45) is 2.56. The number of rotatable bonds is 3. The van der Waals surface area contributed by atoms with Crippen LogP contribution in [-0.4, -0.2) is 41.4 Å². The molecular weight excluding hydrogens is 302 g/mol. The summed E-state index contributed by atoms with van der Waals surface area (Å²) in [5, 5.41) is 20.6. The van der Waals surface area contributed by atoms with Crippen LogP contribution in [0.15, 0.2) is 12.1 Å². The number of aliphatic hydroxyl groups excluding tert-OH is 1. The third-order valence-corrected chi connectivity index (χ3v) is 5.16. The molecule has 136 valence electrons. The molecule has 24 heavy (non-hydrogen) atoms. The highest BCUT2D eigenvalue weighted by Crippen LogP contribution is 2.43.